The van der Waals surface area contributed by atoms with Crippen LogP contribution in [0.3, 0.4) is 0 Å². The normalized spacial score (nSPS) is 12.6. The van der Waals surface area contributed by atoms with Crippen LogP contribution >= 0.6 is 11.3 Å². The van der Waals surface area contributed by atoms with E-state index in [2.05, 4.69) is 49.0 Å². The Balaban J connectivity index is 2.04. The van der Waals surface area contributed by atoms with Gasteiger partial charge in [-0.15, -0.1) is 11.3 Å². The van der Waals surface area contributed by atoms with E-state index in [-0.39, 0.29) is 6.04 Å². The van der Waals surface area contributed by atoms with E-state index in [1.165, 1.54) is 10.4 Å². The Morgan fingerprint density at radius 3 is 2.79 bits per heavy atom. The van der Waals surface area contributed by atoms with Crippen molar-refractivity contribution in [2.75, 3.05) is 0 Å². The summed E-state index contributed by atoms with van der Waals surface area (Å²) in [6.07, 6.45) is 2.88. The summed E-state index contributed by atoms with van der Waals surface area (Å²) in [4.78, 5) is 10.4. The SMILES string of the molecule is CCc1cccnc1CNC(C)c1nc(C)sc1C. The monoisotopic (exact) mass is 275 g/mol. The number of nitrogens with zero attached hydrogens (tertiary/aromatic N) is 2. The number of hydrogen-bond donors (Lipinski definition) is 1. The Kier molecular flexibility index (Phi) is 4.66. The Hall–Kier alpha value is -1.26. The standard InChI is InChI=1S/C15H21N3S/c1-5-13-7-6-8-16-14(13)9-17-10(2)15-11(3)19-12(4)18-15/h6-8,10,17H,5,9H2,1-4H3. The highest BCUT2D eigenvalue weighted by Gasteiger charge is 2.13. The van der Waals surface area contributed by atoms with Gasteiger partial charge in [-0.1, -0.05) is 13.0 Å². The van der Waals surface area contributed by atoms with Gasteiger partial charge in [0.25, 0.3) is 0 Å². The quantitative estimate of drug-likeness (QED) is 0.906. The summed E-state index contributed by atoms with van der Waals surface area (Å²) in [5.74, 6) is 0. The van der Waals surface area contributed by atoms with Crippen molar-refractivity contribution in [1.82, 2.24) is 15.3 Å². The largest absolute Gasteiger partial charge is 0.303 e. The minimum Gasteiger partial charge on any atom is -0.303 e. The molecule has 0 saturated heterocycles. The first-order chi connectivity index (χ1) is 9.11. The summed E-state index contributed by atoms with van der Waals surface area (Å²) in [5.41, 5.74) is 3.62. The molecule has 0 bridgehead atoms. The molecule has 0 spiro atoms. The van der Waals surface area contributed by atoms with E-state index in [1.54, 1.807) is 11.3 Å². The number of pyridine rings is 1. The summed E-state index contributed by atoms with van der Waals surface area (Å²) in [5, 5.41) is 4.66. The Labute approximate surface area is 119 Å². The third-order valence-electron chi connectivity index (χ3n) is 3.29. The second-order valence-corrected chi connectivity index (χ2v) is 6.15. The first kappa shape index (κ1) is 14.2. The van der Waals surface area contributed by atoms with Crippen molar-refractivity contribution in [1.29, 1.82) is 0 Å². The van der Waals surface area contributed by atoms with Crippen molar-refractivity contribution in [3.05, 3.63) is 45.2 Å². The highest BCUT2D eigenvalue weighted by Crippen LogP contribution is 2.22. The third-order valence-corrected chi connectivity index (χ3v) is 4.19. The molecule has 1 unspecified atom stereocenters. The number of thiazole rings is 1. The molecule has 102 valence electrons. The van der Waals surface area contributed by atoms with Gasteiger partial charge >= 0.3 is 0 Å². The number of hydrogen-bond acceptors (Lipinski definition) is 4. The molecule has 3 nitrogen and oxygen atoms in total. The van der Waals surface area contributed by atoms with Gasteiger partial charge in [-0.05, 0) is 38.8 Å². The lowest BCUT2D eigenvalue weighted by molar-refractivity contribution is 0.552. The summed E-state index contributed by atoms with van der Waals surface area (Å²) in [6, 6.07) is 4.41. The van der Waals surface area contributed by atoms with E-state index in [9.17, 15) is 0 Å². The first-order valence-corrected chi connectivity index (χ1v) is 7.53. The number of rotatable bonds is 5. The molecule has 2 rings (SSSR count). The molecule has 0 aliphatic rings. The first-order valence-electron chi connectivity index (χ1n) is 6.72. The molecule has 2 heterocycles. The van der Waals surface area contributed by atoms with Crippen LogP contribution in [0.15, 0.2) is 18.3 Å². The maximum absolute atomic E-state index is 4.60. The molecule has 2 aromatic heterocycles. The minimum absolute atomic E-state index is 0.261. The molecule has 1 atom stereocenters. The maximum Gasteiger partial charge on any atom is 0.0900 e. The van der Waals surface area contributed by atoms with E-state index in [4.69, 9.17) is 0 Å². The van der Waals surface area contributed by atoms with E-state index < -0.39 is 0 Å². The van der Waals surface area contributed by atoms with Crippen LogP contribution in [0.1, 0.15) is 46.7 Å². The summed E-state index contributed by atoms with van der Waals surface area (Å²) >= 11 is 1.76. The van der Waals surface area contributed by atoms with Gasteiger partial charge in [-0.2, -0.15) is 0 Å². The van der Waals surface area contributed by atoms with Gasteiger partial charge in [0.05, 0.1) is 16.4 Å². The zero-order chi connectivity index (χ0) is 13.8. The van der Waals surface area contributed by atoms with Crippen LogP contribution in [0.4, 0.5) is 0 Å². The van der Waals surface area contributed by atoms with Crippen LogP contribution in [0, 0.1) is 13.8 Å². The fourth-order valence-corrected chi connectivity index (χ4v) is 3.16. The fraction of sp³-hybridized carbons (Fsp3) is 0.467. The number of aromatic nitrogens is 2. The average molecular weight is 275 g/mol. The fourth-order valence-electron chi connectivity index (χ4n) is 2.25. The lowest BCUT2D eigenvalue weighted by atomic mass is 10.1. The van der Waals surface area contributed by atoms with Gasteiger partial charge in [0, 0.05) is 23.7 Å². The molecule has 19 heavy (non-hydrogen) atoms. The Morgan fingerprint density at radius 2 is 2.16 bits per heavy atom. The van der Waals surface area contributed by atoms with Gasteiger partial charge in [0.15, 0.2) is 0 Å². The van der Waals surface area contributed by atoms with Gasteiger partial charge in [0.2, 0.25) is 0 Å². The molecule has 1 N–H and O–H groups in total. The van der Waals surface area contributed by atoms with Gasteiger partial charge < -0.3 is 5.32 Å². The molecule has 0 aliphatic heterocycles. The van der Waals surface area contributed by atoms with E-state index >= 15 is 0 Å². The molecule has 0 fully saturated rings. The zero-order valence-corrected chi connectivity index (χ0v) is 12.8. The molecule has 0 aromatic carbocycles. The van der Waals surface area contributed by atoms with Crippen LogP contribution in [-0.4, -0.2) is 9.97 Å². The summed E-state index contributed by atoms with van der Waals surface area (Å²) in [6.45, 7) is 9.31. The number of nitrogens with one attached hydrogen (secondary N) is 1. The molecule has 0 radical (unpaired) electrons. The van der Waals surface area contributed by atoms with Gasteiger partial charge in [-0.25, -0.2) is 4.98 Å². The van der Waals surface area contributed by atoms with Crippen LogP contribution < -0.4 is 5.32 Å². The van der Waals surface area contributed by atoms with Crippen molar-refractivity contribution in [3.63, 3.8) is 0 Å². The van der Waals surface area contributed by atoms with Crippen LogP contribution in [-0.2, 0) is 13.0 Å². The van der Waals surface area contributed by atoms with E-state index in [1.807, 2.05) is 12.3 Å². The second-order valence-electron chi connectivity index (χ2n) is 4.74. The molecule has 0 aliphatic carbocycles. The van der Waals surface area contributed by atoms with Crippen molar-refractivity contribution in [2.45, 2.75) is 46.7 Å². The van der Waals surface area contributed by atoms with E-state index in [0.29, 0.717) is 0 Å². The smallest absolute Gasteiger partial charge is 0.0900 e. The predicted molar refractivity (Wildman–Crippen MR) is 80.5 cm³/mol. The van der Waals surface area contributed by atoms with Crippen molar-refractivity contribution in [2.24, 2.45) is 0 Å². The molecule has 2 aromatic rings. The van der Waals surface area contributed by atoms with Crippen LogP contribution in [0.2, 0.25) is 0 Å². The maximum atomic E-state index is 4.60. The lowest BCUT2D eigenvalue weighted by Gasteiger charge is -2.14. The van der Waals surface area contributed by atoms with Crippen molar-refractivity contribution >= 4 is 11.3 Å². The van der Waals surface area contributed by atoms with Crippen LogP contribution in [0.5, 0.6) is 0 Å². The number of aryl methyl sites for hydroxylation is 3. The van der Waals surface area contributed by atoms with Gasteiger partial charge in [-0.3, -0.25) is 4.98 Å². The zero-order valence-electron chi connectivity index (χ0n) is 12.0. The summed E-state index contributed by atoms with van der Waals surface area (Å²) in [7, 11) is 0. The molecular weight excluding hydrogens is 254 g/mol. The highest BCUT2D eigenvalue weighted by molar-refractivity contribution is 7.11. The van der Waals surface area contributed by atoms with Crippen molar-refractivity contribution < 1.29 is 0 Å². The topological polar surface area (TPSA) is 37.8 Å². The lowest BCUT2D eigenvalue weighted by Crippen LogP contribution is -2.20. The van der Waals surface area contributed by atoms with E-state index in [0.717, 1.165) is 29.4 Å². The average Bonchev–Trinajstić information content (AvgIpc) is 2.75. The van der Waals surface area contributed by atoms with Crippen LogP contribution in [0.25, 0.3) is 0 Å². The molecule has 0 amide bonds. The molecule has 4 heteroatoms. The Morgan fingerprint density at radius 1 is 1.37 bits per heavy atom. The highest BCUT2D eigenvalue weighted by atomic mass is 32.1. The Bertz CT molecular complexity index is 548. The molecule has 0 saturated carbocycles. The predicted octanol–water partition coefficient (Wildman–Crippen LogP) is 3.57. The summed E-state index contributed by atoms with van der Waals surface area (Å²) < 4.78 is 0. The third kappa shape index (κ3) is 3.39. The van der Waals surface area contributed by atoms with Gasteiger partial charge in [0.1, 0.15) is 0 Å². The molecular formula is C15H21N3S. The minimum atomic E-state index is 0.261. The second kappa shape index (κ2) is 6.26. The van der Waals surface area contributed by atoms with Crippen molar-refractivity contribution in [3.8, 4) is 0 Å².